The molecule has 0 spiro atoms. The third-order valence-electron chi connectivity index (χ3n) is 5.85. The molecule has 0 bridgehead atoms. The maximum Gasteiger partial charge on any atom is 0.0224 e. The van der Waals surface area contributed by atoms with Crippen molar-refractivity contribution in [2.45, 2.75) is 51.5 Å². The summed E-state index contributed by atoms with van der Waals surface area (Å²) in [5.74, 6) is 0.880. The van der Waals surface area contributed by atoms with Crippen LogP contribution in [0.15, 0.2) is 0 Å². The van der Waals surface area contributed by atoms with Crippen molar-refractivity contribution in [3.63, 3.8) is 0 Å². The summed E-state index contributed by atoms with van der Waals surface area (Å²) in [6.45, 7) is 9.78. The quantitative estimate of drug-likeness (QED) is 0.846. The first-order valence-electron chi connectivity index (χ1n) is 8.37. The molecule has 3 atom stereocenters. The van der Waals surface area contributed by atoms with Gasteiger partial charge in [-0.05, 0) is 50.1 Å². The first kappa shape index (κ1) is 13.8. The summed E-state index contributed by atoms with van der Waals surface area (Å²) in [6.07, 6.45) is 8.35. The second kappa shape index (κ2) is 5.71. The molecule has 3 aliphatic rings. The first-order chi connectivity index (χ1) is 9.21. The molecule has 3 heteroatoms. The minimum Gasteiger partial charge on any atom is -0.330 e. The van der Waals surface area contributed by atoms with E-state index in [9.17, 15) is 0 Å². The molecule has 1 aliphatic carbocycles. The Morgan fingerprint density at radius 2 is 2.05 bits per heavy atom. The summed E-state index contributed by atoms with van der Waals surface area (Å²) in [5, 5.41) is 0. The molecule has 3 rings (SSSR count). The van der Waals surface area contributed by atoms with E-state index in [-0.39, 0.29) is 0 Å². The summed E-state index contributed by atoms with van der Waals surface area (Å²) < 4.78 is 0. The first-order valence-corrected chi connectivity index (χ1v) is 8.37. The molecule has 2 heterocycles. The van der Waals surface area contributed by atoms with Gasteiger partial charge in [0, 0.05) is 32.2 Å². The molecule has 3 fully saturated rings. The highest BCUT2D eigenvalue weighted by Gasteiger charge is 2.38. The average Bonchev–Trinajstić information content (AvgIpc) is 2.86. The second-order valence-corrected chi connectivity index (χ2v) is 7.47. The number of nitrogens with zero attached hydrogens (tertiary/aromatic N) is 2. The minimum atomic E-state index is 0.429. The Kier molecular flexibility index (Phi) is 4.16. The third kappa shape index (κ3) is 2.98. The smallest absolute Gasteiger partial charge is 0.0224 e. The zero-order chi connectivity index (χ0) is 13.3. The largest absolute Gasteiger partial charge is 0.330 e. The van der Waals surface area contributed by atoms with Crippen LogP contribution in [0.1, 0.15) is 45.4 Å². The fraction of sp³-hybridized carbons (Fsp3) is 1.00. The van der Waals surface area contributed by atoms with Crippen LogP contribution in [0.3, 0.4) is 0 Å². The Balaban J connectivity index is 1.59. The van der Waals surface area contributed by atoms with Crippen molar-refractivity contribution in [1.82, 2.24) is 9.80 Å². The molecule has 0 aromatic rings. The van der Waals surface area contributed by atoms with Gasteiger partial charge in [-0.3, -0.25) is 9.80 Å². The van der Waals surface area contributed by atoms with Gasteiger partial charge in [0.2, 0.25) is 0 Å². The molecule has 2 N–H and O–H groups in total. The van der Waals surface area contributed by atoms with E-state index in [1.165, 1.54) is 71.2 Å². The lowest BCUT2D eigenvalue weighted by Crippen LogP contribution is -2.54. The van der Waals surface area contributed by atoms with Crippen molar-refractivity contribution in [2.75, 3.05) is 39.3 Å². The summed E-state index contributed by atoms with van der Waals surface area (Å²) in [7, 11) is 0. The van der Waals surface area contributed by atoms with Gasteiger partial charge in [-0.1, -0.05) is 19.8 Å². The lowest BCUT2D eigenvalue weighted by Gasteiger charge is -2.46. The summed E-state index contributed by atoms with van der Waals surface area (Å²) in [6, 6.07) is 0.851. The van der Waals surface area contributed by atoms with Crippen molar-refractivity contribution in [3.05, 3.63) is 0 Å². The topological polar surface area (TPSA) is 32.5 Å². The van der Waals surface area contributed by atoms with E-state index < -0.39 is 0 Å². The van der Waals surface area contributed by atoms with Gasteiger partial charge in [-0.15, -0.1) is 0 Å². The Morgan fingerprint density at radius 3 is 2.84 bits per heavy atom. The van der Waals surface area contributed by atoms with E-state index in [4.69, 9.17) is 5.73 Å². The lowest BCUT2D eigenvalue weighted by molar-refractivity contribution is 0.0406. The monoisotopic (exact) mass is 265 g/mol. The number of rotatable bonds is 3. The highest BCUT2D eigenvalue weighted by atomic mass is 15.3. The second-order valence-electron chi connectivity index (χ2n) is 7.47. The molecular formula is C16H31N3. The van der Waals surface area contributed by atoms with Crippen LogP contribution in [-0.4, -0.2) is 55.1 Å². The molecule has 3 nitrogen and oxygen atoms in total. The van der Waals surface area contributed by atoms with Crippen LogP contribution in [0.2, 0.25) is 0 Å². The fourth-order valence-electron chi connectivity index (χ4n) is 4.84. The SMILES string of the molecule is CC1CCCC(CN)(CN2CCN3CCCC3C2)C1. The molecule has 2 saturated heterocycles. The van der Waals surface area contributed by atoms with E-state index in [1.807, 2.05) is 0 Å². The molecule has 0 aromatic carbocycles. The summed E-state index contributed by atoms with van der Waals surface area (Å²) >= 11 is 0. The van der Waals surface area contributed by atoms with Crippen LogP contribution in [-0.2, 0) is 0 Å². The zero-order valence-corrected chi connectivity index (χ0v) is 12.6. The van der Waals surface area contributed by atoms with Crippen LogP contribution in [0.4, 0.5) is 0 Å². The maximum atomic E-state index is 6.19. The van der Waals surface area contributed by atoms with Crippen LogP contribution < -0.4 is 5.73 Å². The Labute approximate surface area is 118 Å². The molecule has 110 valence electrons. The number of nitrogens with two attached hydrogens (primary N) is 1. The highest BCUT2D eigenvalue weighted by molar-refractivity contribution is 4.93. The van der Waals surface area contributed by atoms with Crippen molar-refractivity contribution in [2.24, 2.45) is 17.1 Å². The molecule has 0 radical (unpaired) electrons. The number of piperazine rings is 1. The van der Waals surface area contributed by atoms with Gasteiger partial charge >= 0.3 is 0 Å². The van der Waals surface area contributed by atoms with Crippen LogP contribution >= 0.6 is 0 Å². The Morgan fingerprint density at radius 1 is 1.16 bits per heavy atom. The van der Waals surface area contributed by atoms with Gasteiger partial charge in [-0.25, -0.2) is 0 Å². The van der Waals surface area contributed by atoms with Gasteiger partial charge in [-0.2, -0.15) is 0 Å². The maximum absolute atomic E-state index is 6.19. The predicted octanol–water partition coefficient (Wildman–Crippen LogP) is 1.92. The molecule has 0 amide bonds. The minimum absolute atomic E-state index is 0.429. The van der Waals surface area contributed by atoms with Gasteiger partial charge in [0.1, 0.15) is 0 Å². The van der Waals surface area contributed by atoms with E-state index in [2.05, 4.69) is 16.7 Å². The van der Waals surface area contributed by atoms with Crippen molar-refractivity contribution in [3.8, 4) is 0 Å². The van der Waals surface area contributed by atoms with Crippen molar-refractivity contribution in [1.29, 1.82) is 0 Å². The zero-order valence-electron chi connectivity index (χ0n) is 12.6. The summed E-state index contributed by atoms with van der Waals surface area (Å²) in [5.41, 5.74) is 6.62. The normalized spacial score (nSPS) is 41.4. The molecule has 2 aliphatic heterocycles. The van der Waals surface area contributed by atoms with Crippen molar-refractivity contribution < 1.29 is 0 Å². The van der Waals surface area contributed by atoms with Gasteiger partial charge in [0.05, 0.1) is 0 Å². The molecule has 1 saturated carbocycles. The Bertz CT molecular complexity index is 306. The summed E-state index contributed by atoms with van der Waals surface area (Å²) in [4.78, 5) is 5.44. The van der Waals surface area contributed by atoms with Gasteiger partial charge in [0.15, 0.2) is 0 Å². The van der Waals surface area contributed by atoms with Crippen LogP contribution in [0.5, 0.6) is 0 Å². The van der Waals surface area contributed by atoms with Gasteiger partial charge in [0.25, 0.3) is 0 Å². The van der Waals surface area contributed by atoms with Crippen LogP contribution in [0, 0.1) is 11.3 Å². The number of hydrogen-bond donors (Lipinski definition) is 1. The van der Waals surface area contributed by atoms with E-state index in [1.54, 1.807) is 0 Å². The van der Waals surface area contributed by atoms with E-state index >= 15 is 0 Å². The van der Waals surface area contributed by atoms with Crippen molar-refractivity contribution >= 4 is 0 Å². The lowest BCUT2D eigenvalue weighted by atomic mass is 9.69. The third-order valence-corrected chi connectivity index (χ3v) is 5.85. The average molecular weight is 265 g/mol. The molecule has 0 aromatic heterocycles. The number of hydrogen-bond acceptors (Lipinski definition) is 3. The predicted molar refractivity (Wildman–Crippen MR) is 80.2 cm³/mol. The fourth-order valence-corrected chi connectivity index (χ4v) is 4.84. The molecule has 19 heavy (non-hydrogen) atoms. The highest BCUT2D eigenvalue weighted by Crippen LogP contribution is 2.39. The standard InChI is InChI=1S/C16H31N3/c1-14-4-2-6-16(10-14,12-17)13-18-8-9-19-7-3-5-15(19)11-18/h14-15H,2-13,17H2,1H3. The van der Waals surface area contributed by atoms with Gasteiger partial charge < -0.3 is 5.73 Å². The molecule has 3 unspecified atom stereocenters. The Hall–Kier alpha value is -0.120. The van der Waals surface area contributed by atoms with E-state index in [0.29, 0.717) is 5.41 Å². The van der Waals surface area contributed by atoms with Crippen LogP contribution in [0.25, 0.3) is 0 Å². The van der Waals surface area contributed by atoms with E-state index in [0.717, 1.165) is 18.5 Å². The number of fused-ring (bicyclic) bond motifs is 1. The molecular weight excluding hydrogens is 234 g/mol.